The van der Waals surface area contributed by atoms with Crippen LogP contribution in [0, 0.1) is 0 Å². The van der Waals surface area contributed by atoms with E-state index in [1.807, 2.05) is 37.4 Å². The number of hydrogen-bond donors (Lipinski definition) is 1. The van der Waals surface area contributed by atoms with E-state index in [1.54, 1.807) is 11.8 Å². The third-order valence-corrected chi connectivity index (χ3v) is 2.91. The average molecular weight is 235 g/mol. The van der Waals surface area contributed by atoms with Gasteiger partial charge in [0, 0.05) is 10.5 Å². The maximum atomic E-state index is 5.65. The highest BCUT2D eigenvalue weighted by atomic mass is 32.2. The first-order chi connectivity index (χ1) is 7.70. The van der Waals surface area contributed by atoms with Gasteiger partial charge in [0.15, 0.2) is 0 Å². The number of thioether (sulfide) groups is 1. The predicted octanol–water partition coefficient (Wildman–Crippen LogP) is 2.48. The molecule has 1 aromatic heterocycles. The van der Waals surface area contributed by atoms with Crippen LogP contribution in [0.5, 0.6) is 0 Å². The molecule has 0 saturated heterocycles. The Kier molecular flexibility index (Phi) is 3.26. The molecule has 0 fully saturated rings. The fraction of sp³-hybridized carbons (Fsp3) is 0.273. The highest BCUT2D eigenvalue weighted by molar-refractivity contribution is 7.98. The van der Waals surface area contributed by atoms with Gasteiger partial charge in [-0.2, -0.15) is 0 Å². The van der Waals surface area contributed by atoms with E-state index in [9.17, 15) is 0 Å². The molecular formula is C11H13N3OS. The van der Waals surface area contributed by atoms with Crippen LogP contribution in [0.3, 0.4) is 0 Å². The third-order valence-electron chi connectivity index (χ3n) is 2.17. The van der Waals surface area contributed by atoms with Crippen molar-refractivity contribution in [2.24, 2.45) is 5.73 Å². The summed E-state index contributed by atoms with van der Waals surface area (Å²) in [5, 5.41) is 7.85. The molecule has 0 saturated carbocycles. The van der Waals surface area contributed by atoms with Crippen LogP contribution in [0.4, 0.5) is 0 Å². The zero-order chi connectivity index (χ0) is 11.5. The van der Waals surface area contributed by atoms with E-state index < -0.39 is 0 Å². The molecule has 84 valence electrons. The molecule has 0 aliphatic carbocycles. The Labute approximate surface area is 98.2 Å². The van der Waals surface area contributed by atoms with Crippen molar-refractivity contribution in [1.82, 2.24) is 10.2 Å². The summed E-state index contributed by atoms with van der Waals surface area (Å²) in [5.74, 6) is 0.976. The zero-order valence-corrected chi connectivity index (χ0v) is 9.99. The summed E-state index contributed by atoms with van der Waals surface area (Å²) in [7, 11) is 0. The fourth-order valence-electron chi connectivity index (χ4n) is 1.27. The van der Waals surface area contributed by atoms with Crippen molar-refractivity contribution in [2.45, 2.75) is 17.9 Å². The second kappa shape index (κ2) is 4.67. The predicted molar refractivity (Wildman–Crippen MR) is 64.1 cm³/mol. The van der Waals surface area contributed by atoms with Crippen LogP contribution in [-0.4, -0.2) is 16.5 Å². The molecule has 5 heteroatoms. The van der Waals surface area contributed by atoms with Gasteiger partial charge in [0.1, 0.15) is 0 Å². The molecule has 0 bridgehead atoms. The summed E-state index contributed by atoms with van der Waals surface area (Å²) < 4.78 is 5.45. The maximum absolute atomic E-state index is 5.65. The van der Waals surface area contributed by atoms with E-state index in [1.165, 1.54) is 4.90 Å². The highest BCUT2D eigenvalue weighted by Gasteiger charge is 2.11. The molecule has 1 atom stereocenters. The number of rotatable bonds is 3. The van der Waals surface area contributed by atoms with E-state index in [0.29, 0.717) is 11.8 Å². The third kappa shape index (κ3) is 2.25. The van der Waals surface area contributed by atoms with Gasteiger partial charge in [0.2, 0.25) is 11.8 Å². The second-order valence-electron chi connectivity index (χ2n) is 3.46. The van der Waals surface area contributed by atoms with Crippen LogP contribution in [0.15, 0.2) is 33.6 Å². The van der Waals surface area contributed by atoms with Crippen molar-refractivity contribution in [3.05, 3.63) is 30.2 Å². The van der Waals surface area contributed by atoms with E-state index in [-0.39, 0.29) is 6.04 Å². The first-order valence-corrected chi connectivity index (χ1v) is 6.16. The minimum Gasteiger partial charge on any atom is -0.419 e. The smallest absolute Gasteiger partial charge is 0.247 e. The number of benzene rings is 1. The summed E-state index contributed by atoms with van der Waals surface area (Å²) in [6.45, 7) is 1.81. The van der Waals surface area contributed by atoms with E-state index in [2.05, 4.69) is 10.2 Å². The van der Waals surface area contributed by atoms with Gasteiger partial charge >= 0.3 is 0 Å². The molecule has 2 aromatic rings. The first-order valence-electron chi connectivity index (χ1n) is 4.94. The molecule has 0 aliphatic heterocycles. The van der Waals surface area contributed by atoms with Gasteiger partial charge in [0.25, 0.3) is 0 Å². The lowest BCUT2D eigenvalue weighted by atomic mass is 10.2. The zero-order valence-electron chi connectivity index (χ0n) is 9.18. The fourth-order valence-corrected chi connectivity index (χ4v) is 1.68. The van der Waals surface area contributed by atoms with Crippen molar-refractivity contribution in [2.75, 3.05) is 6.26 Å². The van der Waals surface area contributed by atoms with Gasteiger partial charge in [0.05, 0.1) is 6.04 Å². The van der Waals surface area contributed by atoms with Crippen molar-refractivity contribution in [3.63, 3.8) is 0 Å². The molecule has 4 nitrogen and oxygen atoms in total. The highest BCUT2D eigenvalue weighted by Crippen LogP contribution is 2.22. The van der Waals surface area contributed by atoms with Crippen LogP contribution < -0.4 is 5.73 Å². The lowest BCUT2D eigenvalue weighted by molar-refractivity contribution is 0.473. The molecular weight excluding hydrogens is 222 g/mol. The Hall–Kier alpha value is -1.33. The number of hydrogen-bond acceptors (Lipinski definition) is 5. The van der Waals surface area contributed by atoms with Gasteiger partial charge in [-0.05, 0) is 37.4 Å². The summed E-state index contributed by atoms with van der Waals surface area (Å²) in [4.78, 5) is 1.20. The van der Waals surface area contributed by atoms with Gasteiger partial charge in [-0.15, -0.1) is 22.0 Å². The molecule has 0 spiro atoms. The van der Waals surface area contributed by atoms with Crippen LogP contribution >= 0.6 is 11.8 Å². The summed E-state index contributed by atoms with van der Waals surface area (Å²) in [6.07, 6.45) is 2.04. The second-order valence-corrected chi connectivity index (χ2v) is 4.34. The Balaban J connectivity index is 2.28. The largest absolute Gasteiger partial charge is 0.419 e. The molecule has 16 heavy (non-hydrogen) atoms. The first kappa shape index (κ1) is 11.2. The summed E-state index contributed by atoms with van der Waals surface area (Å²) in [5.41, 5.74) is 6.57. The van der Waals surface area contributed by atoms with Crippen molar-refractivity contribution in [3.8, 4) is 11.5 Å². The molecule has 0 aliphatic rings. The van der Waals surface area contributed by atoms with Crippen molar-refractivity contribution >= 4 is 11.8 Å². The molecule has 1 aromatic carbocycles. The molecule has 1 unspecified atom stereocenters. The van der Waals surface area contributed by atoms with Gasteiger partial charge in [-0.1, -0.05) is 0 Å². The van der Waals surface area contributed by atoms with Crippen molar-refractivity contribution in [1.29, 1.82) is 0 Å². The quantitative estimate of drug-likeness (QED) is 0.828. The summed E-state index contributed by atoms with van der Waals surface area (Å²) in [6, 6.07) is 7.74. The van der Waals surface area contributed by atoms with Crippen molar-refractivity contribution < 1.29 is 4.42 Å². The van der Waals surface area contributed by atoms with Crippen LogP contribution in [-0.2, 0) is 0 Å². The average Bonchev–Trinajstić information content (AvgIpc) is 2.78. The van der Waals surface area contributed by atoms with Gasteiger partial charge in [-0.25, -0.2) is 0 Å². The molecule has 2 N–H and O–H groups in total. The van der Waals surface area contributed by atoms with E-state index >= 15 is 0 Å². The SMILES string of the molecule is CSc1ccc(-c2nnc(C(C)N)o2)cc1. The number of aromatic nitrogens is 2. The standard InChI is InChI=1S/C11H13N3OS/c1-7(12)10-13-14-11(15-10)8-3-5-9(16-2)6-4-8/h3-7H,12H2,1-2H3. The van der Waals surface area contributed by atoms with Crippen LogP contribution in [0.2, 0.25) is 0 Å². The maximum Gasteiger partial charge on any atom is 0.247 e. The Morgan fingerprint density at radius 2 is 1.94 bits per heavy atom. The summed E-state index contributed by atoms with van der Waals surface area (Å²) >= 11 is 1.70. The van der Waals surface area contributed by atoms with Crippen LogP contribution in [0.25, 0.3) is 11.5 Å². The minimum absolute atomic E-state index is 0.230. The Morgan fingerprint density at radius 3 is 2.44 bits per heavy atom. The lowest BCUT2D eigenvalue weighted by Crippen LogP contribution is -2.04. The monoisotopic (exact) mass is 235 g/mol. The molecule has 1 heterocycles. The van der Waals surface area contributed by atoms with E-state index in [4.69, 9.17) is 10.2 Å². The Morgan fingerprint density at radius 1 is 1.25 bits per heavy atom. The minimum atomic E-state index is -0.230. The normalized spacial score (nSPS) is 12.7. The topological polar surface area (TPSA) is 64.9 Å². The van der Waals surface area contributed by atoms with Gasteiger partial charge in [-0.3, -0.25) is 0 Å². The number of nitrogens with zero attached hydrogens (tertiary/aromatic N) is 2. The van der Waals surface area contributed by atoms with Crippen LogP contribution in [0.1, 0.15) is 18.9 Å². The lowest BCUT2D eigenvalue weighted by Gasteiger charge is -1.98. The van der Waals surface area contributed by atoms with E-state index in [0.717, 1.165) is 5.56 Å². The number of nitrogens with two attached hydrogens (primary N) is 1. The Bertz CT molecular complexity index is 464. The molecule has 2 rings (SSSR count). The molecule has 0 amide bonds. The van der Waals surface area contributed by atoms with Gasteiger partial charge < -0.3 is 10.2 Å². The molecule has 0 radical (unpaired) electrons.